The zero-order chi connectivity index (χ0) is 18.1. The van der Waals surface area contributed by atoms with Crippen molar-refractivity contribution in [3.63, 3.8) is 0 Å². The van der Waals surface area contributed by atoms with Crippen LogP contribution in [0.15, 0.2) is 29.3 Å². The Morgan fingerprint density at radius 2 is 2.04 bits per heavy atom. The molecule has 5 heteroatoms. The van der Waals surface area contributed by atoms with E-state index in [1.54, 1.807) is 0 Å². The first-order chi connectivity index (χ1) is 12.1. The van der Waals surface area contributed by atoms with Crippen molar-refractivity contribution in [3.8, 4) is 0 Å². The minimum atomic E-state index is 0.218. The van der Waals surface area contributed by atoms with Crippen LogP contribution in [-0.4, -0.2) is 56.3 Å². The van der Waals surface area contributed by atoms with Crippen LogP contribution in [0.1, 0.15) is 31.9 Å². The molecule has 2 rings (SSSR count). The van der Waals surface area contributed by atoms with Gasteiger partial charge in [0.1, 0.15) is 0 Å². The molecule has 1 aliphatic heterocycles. The number of nitrogens with one attached hydrogen (secondary N) is 2. The number of aliphatic imine (C=N–C) groups is 1. The van der Waals surface area contributed by atoms with E-state index in [-0.39, 0.29) is 6.10 Å². The third-order valence-corrected chi connectivity index (χ3v) is 4.23. The lowest BCUT2D eigenvalue weighted by Gasteiger charge is -2.34. The van der Waals surface area contributed by atoms with Crippen molar-refractivity contribution >= 4 is 5.96 Å². The van der Waals surface area contributed by atoms with Gasteiger partial charge in [-0.1, -0.05) is 43.7 Å². The van der Waals surface area contributed by atoms with Gasteiger partial charge >= 0.3 is 0 Å². The van der Waals surface area contributed by atoms with Gasteiger partial charge in [0.2, 0.25) is 0 Å². The molecule has 2 N–H and O–H groups in total. The van der Waals surface area contributed by atoms with Gasteiger partial charge in [-0.2, -0.15) is 0 Å². The molecule has 1 saturated heterocycles. The average molecular weight is 347 g/mol. The SMILES string of the molecule is CCNC(=NCc1ccc(C)cc1)NCC1CN(CC(C)C)CCO1. The van der Waals surface area contributed by atoms with Crippen molar-refractivity contribution in [2.75, 3.05) is 39.3 Å². The number of morpholine rings is 1. The number of rotatable bonds is 7. The number of nitrogens with zero attached hydrogens (tertiary/aromatic N) is 2. The Morgan fingerprint density at radius 3 is 2.72 bits per heavy atom. The molecule has 1 fully saturated rings. The Balaban J connectivity index is 1.83. The van der Waals surface area contributed by atoms with Crippen molar-refractivity contribution in [2.45, 2.75) is 40.3 Å². The van der Waals surface area contributed by atoms with Gasteiger partial charge < -0.3 is 15.4 Å². The molecule has 0 aromatic heterocycles. The quantitative estimate of drug-likeness (QED) is 0.588. The summed E-state index contributed by atoms with van der Waals surface area (Å²) in [5.41, 5.74) is 2.50. The van der Waals surface area contributed by atoms with Crippen molar-refractivity contribution < 1.29 is 4.74 Å². The van der Waals surface area contributed by atoms with Crippen molar-refractivity contribution in [2.24, 2.45) is 10.9 Å². The number of ether oxygens (including phenoxy) is 1. The molecule has 1 unspecified atom stereocenters. The predicted octanol–water partition coefficient (Wildman–Crippen LogP) is 2.41. The maximum atomic E-state index is 5.91. The Kier molecular flexibility index (Phi) is 8.22. The van der Waals surface area contributed by atoms with Gasteiger partial charge in [-0.05, 0) is 25.3 Å². The van der Waals surface area contributed by atoms with Gasteiger partial charge in [0.15, 0.2) is 5.96 Å². The molecule has 140 valence electrons. The van der Waals surface area contributed by atoms with Crippen LogP contribution in [-0.2, 0) is 11.3 Å². The lowest BCUT2D eigenvalue weighted by Crippen LogP contribution is -2.50. The van der Waals surface area contributed by atoms with Crippen molar-refractivity contribution in [1.82, 2.24) is 15.5 Å². The zero-order valence-corrected chi connectivity index (χ0v) is 16.2. The number of guanidine groups is 1. The molecule has 1 heterocycles. The summed E-state index contributed by atoms with van der Waals surface area (Å²) in [7, 11) is 0. The van der Waals surface area contributed by atoms with Gasteiger partial charge in [0.05, 0.1) is 19.3 Å². The first-order valence-electron chi connectivity index (χ1n) is 9.48. The van der Waals surface area contributed by atoms with Gasteiger partial charge in [0, 0.05) is 32.7 Å². The maximum Gasteiger partial charge on any atom is 0.191 e. The van der Waals surface area contributed by atoms with Crippen LogP contribution in [0.5, 0.6) is 0 Å². The molecule has 0 amide bonds. The Bertz CT molecular complexity index is 527. The summed E-state index contributed by atoms with van der Waals surface area (Å²) in [6, 6.07) is 8.53. The summed E-state index contributed by atoms with van der Waals surface area (Å²) >= 11 is 0. The second-order valence-corrected chi connectivity index (χ2v) is 7.21. The summed E-state index contributed by atoms with van der Waals surface area (Å²) in [6.45, 7) is 15.0. The standard InChI is InChI=1S/C20H34N4O/c1-5-21-20(22-12-18-8-6-17(4)7-9-18)23-13-19-15-24(10-11-25-19)14-16(2)3/h6-9,16,19H,5,10-15H2,1-4H3,(H2,21,22,23). The maximum absolute atomic E-state index is 5.91. The van der Waals surface area contributed by atoms with Crippen molar-refractivity contribution in [1.29, 1.82) is 0 Å². The summed E-state index contributed by atoms with van der Waals surface area (Å²) in [4.78, 5) is 7.19. The number of benzene rings is 1. The monoisotopic (exact) mass is 346 g/mol. The molecular formula is C20H34N4O. The van der Waals surface area contributed by atoms with Gasteiger partial charge in [-0.25, -0.2) is 4.99 Å². The second kappa shape index (κ2) is 10.4. The van der Waals surface area contributed by atoms with Crippen LogP contribution in [0.25, 0.3) is 0 Å². The van der Waals surface area contributed by atoms with E-state index in [2.05, 4.69) is 67.5 Å². The summed E-state index contributed by atoms with van der Waals surface area (Å²) < 4.78 is 5.91. The highest BCUT2D eigenvalue weighted by atomic mass is 16.5. The number of aryl methyl sites for hydroxylation is 1. The van der Waals surface area contributed by atoms with Gasteiger partial charge in [0.25, 0.3) is 0 Å². The highest BCUT2D eigenvalue weighted by Gasteiger charge is 2.21. The zero-order valence-electron chi connectivity index (χ0n) is 16.2. The molecule has 1 aromatic rings. The van der Waals surface area contributed by atoms with E-state index >= 15 is 0 Å². The van der Waals surface area contributed by atoms with Crippen LogP contribution < -0.4 is 10.6 Å². The molecule has 1 aromatic carbocycles. The normalized spacial score (nSPS) is 19.2. The first kappa shape index (κ1) is 19.7. The predicted molar refractivity (Wildman–Crippen MR) is 105 cm³/mol. The molecule has 1 atom stereocenters. The van der Waals surface area contributed by atoms with E-state index in [0.717, 1.165) is 45.3 Å². The fraction of sp³-hybridized carbons (Fsp3) is 0.650. The summed E-state index contributed by atoms with van der Waals surface area (Å²) in [5.74, 6) is 1.55. The third kappa shape index (κ3) is 7.45. The van der Waals surface area contributed by atoms with E-state index in [1.165, 1.54) is 11.1 Å². The minimum absolute atomic E-state index is 0.218. The van der Waals surface area contributed by atoms with Crippen molar-refractivity contribution in [3.05, 3.63) is 35.4 Å². The number of hydrogen-bond acceptors (Lipinski definition) is 3. The lowest BCUT2D eigenvalue weighted by molar-refractivity contribution is -0.0284. The molecule has 0 bridgehead atoms. The van der Waals surface area contributed by atoms with E-state index in [9.17, 15) is 0 Å². The third-order valence-electron chi connectivity index (χ3n) is 4.23. The molecule has 0 spiro atoms. The first-order valence-corrected chi connectivity index (χ1v) is 9.48. The van der Waals surface area contributed by atoms with E-state index in [1.807, 2.05) is 0 Å². The second-order valence-electron chi connectivity index (χ2n) is 7.21. The molecule has 0 radical (unpaired) electrons. The molecule has 5 nitrogen and oxygen atoms in total. The Morgan fingerprint density at radius 1 is 1.28 bits per heavy atom. The largest absolute Gasteiger partial charge is 0.374 e. The molecule has 25 heavy (non-hydrogen) atoms. The fourth-order valence-corrected chi connectivity index (χ4v) is 3.00. The van der Waals surface area contributed by atoms with E-state index in [4.69, 9.17) is 9.73 Å². The molecule has 1 aliphatic rings. The topological polar surface area (TPSA) is 48.9 Å². The minimum Gasteiger partial charge on any atom is -0.374 e. The summed E-state index contributed by atoms with van der Waals surface area (Å²) in [6.07, 6.45) is 0.218. The smallest absolute Gasteiger partial charge is 0.191 e. The van der Waals surface area contributed by atoms with Crippen LogP contribution >= 0.6 is 0 Å². The van der Waals surface area contributed by atoms with Crippen LogP contribution in [0.2, 0.25) is 0 Å². The molecule has 0 aliphatic carbocycles. The fourth-order valence-electron chi connectivity index (χ4n) is 3.00. The molecule has 0 saturated carbocycles. The summed E-state index contributed by atoms with van der Waals surface area (Å²) in [5, 5.41) is 6.75. The van der Waals surface area contributed by atoms with Gasteiger partial charge in [-0.3, -0.25) is 4.90 Å². The number of hydrogen-bond donors (Lipinski definition) is 2. The highest BCUT2D eigenvalue weighted by Crippen LogP contribution is 2.08. The molecular weight excluding hydrogens is 312 g/mol. The Hall–Kier alpha value is -1.59. The van der Waals surface area contributed by atoms with Gasteiger partial charge in [-0.15, -0.1) is 0 Å². The van der Waals surface area contributed by atoms with Crippen LogP contribution in [0.3, 0.4) is 0 Å². The van der Waals surface area contributed by atoms with Crippen LogP contribution in [0, 0.1) is 12.8 Å². The lowest BCUT2D eigenvalue weighted by atomic mass is 10.1. The Labute approximate surface area is 152 Å². The average Bonchev–Trinajstić information content (AvgIpc) is 2.58. The van der Waals surface area contributed by atoms with Crippen LogP contribution in [0.4, 0.5) is 0 Å². The van der Waals surface area contributed by atoms with E-state index < -0.39 is 0 Å². The van der Waals surface area contributed by atoms with E-state index in [0.29, 0.717) is 12.5 Å². The highest BCUT2D eigenvalue weighted by molar-refractivity contribution is 5.79.